The number of aryl methyl sites for hydroxylation is 2. The van der Waals surface area contributed by atoms with Gasteiger partial charge >= 0.3 is 0 Å². The van der Waals surface area contributed by atoms with Crippen LogP contribution < -0.4 is 10.2 Å². The van der Waals surface area contributed by atoms with Crippen LogP contribution in [0, 0.1) is 19.7 Å². The lowest BCUT2D eigenvalue weighted by Gasteiger charge is -2.37. The summed E-state index contributed by atoms with van der Waals surface area (Å²) in [4.78, 5) is 19.1. The maximum atomic E-state index is 14.6. The smallest absolute Gasteiger partial charge is 0.267 e. The molecule has 134 valence electrons. The van der Waals surface area contributed by atoms with Gasteiger partial charge in [-0.25, -0.2) is 9.37 Å². The van der Waals surface area contributed by atoms with Crippen molar-refractivity contribution in [2.45, 2.75) is 39.9 Å². The fraction of sp³-hybridized carbons (Fsp3) is 0.444. The van der Waals surface area contributed by atoms with Gasteiger partial charge in [0.25, 0.3) is 5.91 Å². The predicted molar refractivity (Wildman–Crippen MR) is 98.2 cm³/mol. The van der Waals surface area contributed by atoms with Crippen LogP contribution in [0.2, 0.25) is 0 Å². The Bertz CT molecular complexity index is 783. The van der Waals surface area contributed by atoms with E-state index in [-0.39, 0.29) is 23.9 Å². The van der Waals surface area contributed by atoms with Gasteiger partial charge in [-0.3, -0.25) is 4.79 Å². The number of nitrogens with one attached hydrogen (secondary N) is 1. The van der Waals surface area contributed by atoms with Crippen molar-refractivity contribution in [3.05, 3.63) is 39.6 Å². The number of thiazole rings is 1. The molecule has 0 bridgehead atoms. The molecule has 25 heavy (non-hydrogen) atoms. The second-order valence-electron chi connectivity index (χ2n) is 6.43. The Labute approximate surface area is 150 Å². The van der Waals surface area contributed by atoms with Gasteiger partial charge in [0.15, 0.2) is 0 Å². The zero-order chi connectivity index (χ0) is 18.1. The van der Waals surface area contributed by atoms with Crippen LogP contribution in [0.1, 0.15) is 34.2 Å². The number of amides is 1. The van der Waals surface area contributed by atoms with Crippen LogP contribution in [0.5, 0.6) is 0 Å². The molecule has 1 fully saturated rings. The topological polar surface area (TPSA) is 54.5 Å². The van der Waals surface area contributed by atoms with E-state index in [0.717, 1.165) is 5.01 Å². The van der Waals surface area contributed by atoms with E-state index in [9.17, 15) is 9.18 Å². The number of carbonyl (C=O) groups excluding carboxylic acids is 1. The molecular weight excluding hydrogens is 341 g/mol. The van der Waals surface area contributed by atoms with Crippen molar-refractivity contribution in [2.24, 2.45) is 0 Å². The molecule has 0 radical (unpaired) electrons. The highest BCUT2D eigenvalue weighted by Crippen LogP contribution is 2.27. The second kappa shape index (κ2) is 7.09. The average molecular weight is 363 g/mol. The first kappa shape index (κ1) is 17.8. The third kappa shape index (κ3) is 3.99. The molecule has 0 aliphatic carbocycles. The monoisotopic (exact) mass is 363 g/mol. The van der Waals surface area contributed by atoms with E-state index in [0.29, 0.717) is 35.0 Å². The van der Waals surface area contributed by atoms with Crippen molar-refractivity contribution in [1.82, 2.24) is 4.98 Å². The Hall–Kier alpha value is -1.99. The fourth-order valence-corrected chi connectivity index (χ4v) is 3.96. The maximum Gasteiger partial charge on any atom is 0.267 e. The minimum Gasteiger partial charge on any atom is -0.372 e. The standard InChI is InChI=1S/C18H22FN3O2S/c1-10-8-22(9-11(2)24-10)16-6-5-14(7-15(16)19)21-18(23)17-12(3)20-13(4)25-17/h5-7,10-11H,8-9H2,1-4H3,(H,21,23). The van der Waals surface area contributed by atoms with Gasteiger partial charge in [-0.1, -0.05) is 0 Å². The molecule has 1 aliphatic heterocycles. The molecule has 2 aromatic rings. The van der Waals surface area contributed by atoms with Crippen LogP contribution in [0.15, 0.2) is 18.2 Å². The number of ether oxygens (including phenoxy) is 1. The summed E-state index contributed by atoms with van der Waals surface area (Å²) in [5.41, 5.74) is 1.66. The minimum atomic E-state index is -0.351. The van der Waals surface area contributed by atoms with E-state index in [1.54, 1.807) is 19.1 Å². The molecule has 1 aromatic heterocycles. The van der Waals surface area contributed by atoms with Crippen molar-refractivity contribution in [3.8, 4) is 0 Å². The number of carbonyl (C=O) groups is 1. The van der Waals surface area contributed by atoms with Gasteiger partial charge in [-0.05, 0) is 45.9 Å². The van der Waals surface area contributed by atoms with Gasteiger partial charge in [0.05, 0.1) is 28.6 Å². The Balaban J connectivity index is 1.75. The van der Waals surface area contributed by atoms with E-state index in [2.05, 4.69) is 10.3 Å². The van der Waals surface area contributed by atoms with Crippen molar-refractivity contribution in [1.29, 1.82) is 0 Å². The lowest BCUT2D eigenvalue weighted by Crippen LogP contribution is -2.45. The number of aromatic nitrogens is 1. The molecule has 7 heteroatoms. The molecule has 2 unspecified atom stereocenters. The number of nitrogens with zero attached hydrogens (tertiary/aromatic N) is 2. The van der Waals surface area contributed by atoms with Crippen LogP contribution in [0.25, 0.3) is 0 Å². The van der Waals surface area contributed by atoms with Crippen molar-refractivity contribution < 1.29 is 13.9 Å². The van der Waals surface area contributed by atoms with Gasteiger partial charge in [-0.15, -0.1) is 11.3 Å². The number of anilines is 2. The quantitative estimate of drug-likeness (QED) is 0.902. The normalized spacial score (nSPS) is 20.6. The first-order valence-electron chi connectivity index (χ1n) is 8.29. The van der Waals surface area contributed by atoms with E-state index in [1.807, 2.05) is 25.7 Å². The number of hydrogen-bond acceptors (Lipinski definition) is 5. The predicted octanol–water partition coefficient (Wildman–Crippen LogP) is 3.76. The Morgan fingerprint density at radius 2 is 2.00 bits per heavy atom. The summed E-state index contributed by atoms with van der Waals surface area (Å²) in [6, 6.07) is 4.80. The average Bonchev–Trinajstić information content (AvgIpc) is 2.85. The molecule has 2 atom stereocenters. The lowest BCUT2D eigenvalue weighted by molar-refractivity contribution is -0.00539. The highest BCUT2D eigenvalue weighted by atomic mass is 32.1. The Morgan fingerprint density at radius 3 is 2.56 bits per heavy atom. The van der Waals surface area contributed by atoms with Gasteiger partial charge in [0.1, 0.15) is 10.7 Å². The maximum absolute atomic E-state index is 14.6. The minimum absolute atomic E-state index is 0.0556. The molecule has 1 amide bonds. The molecule has 0 saturated carbocycles. The summed E-state index contributed by atoms with van der Waals surface area (Å²) in [5, 5.41) is 3.58. The SMILES string of the molecule is Cc1nc(C)c(C(=O)Nc2ccc(N3CC(C)OC(C)C3)c(F)c2)s1. The summed E-state index contributed by atoms with van der Waals surface area (Å²) in [6.07, 6.45) is 0.111. The second-order valence-corrected chi connectivity index (χ2v) is 7.63. The molecule has 3 rings (SSSR count). The Morgan fingerprint density at radius 1 is 1.32 bits per heavy atom. The van der Waals surface area contributed by atoms with Crippen molar-refractivity contribution >= 4 is 28.6 Å². The zero-order valence-corrected chi connectivity index (χ0v) is 15.6. The van der Waals surface area contributed by atoms with Crippen LogP contribution in [0.4, 0.5) is 15.8 Å². The summed E-state index contributed by atoms with van der Waals surface area (Å²) in [7, 11) is 0. The molecule has 2 heterocycles. The van der Waals surface area contributed by atoms with Gasteiger partial charge in [0.2, 0.25) is 0 Å². The number of morpholine rings is 1. The Kier molecular flexibility index (Phi) is 5.06. The van der Waals surface area contributed by atoms with Crippen LogP contribution >= 0.6 is 11.3 Å². The zero-order valence-electron chi connectivity index (χ0n) is 14.8. The third-order valence-corrected chi connectivity index (χ3v) is 5.15. The molecule has 1 aliphatic rings. The van der Waals surface area contributed by atoms with E-state index >= 15 is 0 Å². The largest absolute Gasteiger partial charge is 0.372 e. The highest BCUT2D eigenvalue weighted by molar-refractivity contribution is 7.13. The van der Waals surface area contributed by atoms with E-state index in [4.69, 9.17) is 4.74 Å². The van der Waals surface area contributed by atoms with Gasteiger partial charge in [-0.2, -0.15) is 0 Å². The first-order valence-corrected chi connectivity index (χ1v) is 9.10. The number of benzene rings is 1. The van der Waals surface area contributed by atoms with Gasteiger partial charge < -0.3 is 15.0 Å². The summed E-state index contributed by atoms with van der Waals surface area (Å²) in [6.45, 7) is 8.90. The molecule has 0 spiro atoms. The van der Waals surface area contributed by atoms with Crippen LogP contribution in [-0.2, 0) is 4.74 Å². The number of hydrogen-bond donors (Lipinski definition) is 1. The summed E-state index contributed by atoms with van der Waals surface area (Å²) in [5.74, 6) is -0.611. The molecule has 1 aromatic carbocycles. The van der Waals surface area contributed by atoms with Crippen LogP contribution in [-0.4, -0.2) is 36.2 Å². The third-order valence-electron chi connectivity index (χ3n) is 4.08. The summed E-state index contributed by atoms with van der Waals surface area (Å²) >= 11 is 1.33. The fourth-order valence-electron chi connectivity index (χ4n) is 3.15. The summed E-state index contributed by atoms with van der Waals surface area (Å²) < 4.78 is 20.3. The van der Waals surface area contributed by atoms with Crippen molar-refractivity contribution in [2.75, 3.05) is 23.3 Å². The van der Waals surface area contributed by atoms with E-state index in [1.165, 1.54) is 17.4 Å². The number of halogens is 1. The molecule has 1 saturated heterocycles. The van der Waals surface area contributed by atoms with Crippen LogP contribution in [0.3, 0.4) is 0 Å². The first-order chi connectivity index (χ1) is 11.8. The van der Waals surface area contributed by atoms with E-state index < -0.39 is 0 Å². The highest BCUT2D eigenvalue weighted by Gasteiger charge is 2.24. The lowest BCUT2D eigenvalue weighted by atomic mass is 10.2. The molecule has 5 nitrogen and oxygen atoms in total. The van der Waals surface area contributed by atoms with Gasteiger partial charge in [0, 0.05) is 18.8 Å². The molecule has 1 N–H and O–H groups in total. The van der Waals surface area contributed by atoms with Crippen molar-refractivity contribution in [3.63, 3.8) is 0 Å². The number of rotatable bonds is 3. The molecular formula is C18H22FN3O2S.